The number of hydrogen-bond donors (Lipinski definition) is 2. The summed E-state index contributed by atoms with van der Waals surface area (Å²) in [5.74, 6) is 2.34. The van der Waals surface area contributed by atoms with Crippen molar-refractivity contribution in [2.45, 2.75) is 69.7 Å². The number of rotatable bonds is 2. The quantitative estimate of drug-likeness (QED) is 0.698. The molecule has 1 amide bonds. The van der Waals surface area contributed by atoms with Gasteiger partial charge in [-0.15, -0.1) is 0 Å². The van der Waals surface area contributed by atoms with E-state index in [0.29, 0.717) is 24.0 Å². The number of nitrogens with zero attached hydrogens (tertiary/aromatic N) is 2. The van der Waals surface area contributed by atoms with Gasteiger partial charge in [0, 0.05) is 42.2 Å². The van der Waals surface area contributed by atoms with Crippen LogP contribution < -0.4 is 14.8 Å². The molecule has 6 atom stereocenters. The number of H-pyrrole nitrogens is 1. The Kier molecular flexibility index (Phi) is 4.51. The highest BCUT2D eigenvalue weighted by molar-refractivity contribution is 5.95. The highest BCUT2D eigenvalue weighted by Gasteiger charge is 2.65. The molecular weight excluding hydrogens is 440 g/mol. The molecule has 3 unspecified atom stereocenters. The number of methoxy groups -OCH3 is 1. The molecule has 2 fully saturated rings. The van der Waals surface area contributed by atoms with Crippen LogP contribution in [0.25, 0.3) is 0 Å². The van der Waals surface area contributed by atoms with E-state index in [9.17, 15) is 4.79 Å². The fourth-order valence-corrected chi connectivity index (χ4v) is 8.30. The highest BCUT2D eigenvalue weighted by Crippen LogP contribution is 2.67. The van der Waals surface area contributed by atoms with E-state index in [1.54, 1.807) is 7.11 Å². The monoisotopic (exact) mass is 476 g/mol. The number of benzene rings is 1. The number of ether oxygens (including phenoxy) is 2. The van der Waals surface area contributed by atoms with Gasteiger partial charge in [-0.3, -0.25) is 4.79 Å². The molecule has 35 heavy (non-hydrogen) atoms. The third-order valence-electron chi connectivity index (χ3n) is 9.75. The van der Waals surface area contributed by atoms with Crippen LogP contribution >= 0.6 is 0 Å². The predicted octanol–water partition coefficient (Wildman–Crippen LogP) is 2.96. The number of carbonyl (C=O) groups excluding carboxylic acids is 1. The minimum Gasteiger partial charge on any atom is -0.493 e. The van der Waals surface area contributed by atoms with Crippen molar-refractivity contribution in [3.63, 3.8) is 0 Å². The molecule has 1 spiro atoms. The molecule has 0 radical (unpaired) electrons. The number of aromatic nitrogens is 1. The molecule has 5 aliphatic rings. The number of likely N-dealkylation sites (tertiary alicyclic amines) is 1. The van der Waals surface area contributed by atoms with E-state index in [1.165, 1.54) is 16.7 Å². The summed E-state index contributed by atoms with van der Waals surface area (Å²) in [5.41, 5.74) is 7.00. The Morgan fingerprint density at radius 1 is 1.20 bits per heavy atom. The Balaban J connectivity index is 1.37. The van der Waals surface area contributed by atoms with Crippen LogP contribution in [0, 0.1) is 12.8 Å². The molecule has 2 N–H and O–H groups in total. The van der Waals surface area contributed by atoms with E-state index in [0.717, 1.165) is 67.3 Å². The lowest BCUT2D eigenvalue weighted by Crippen LogP contribution is -2.62. The number of aromatic amines is 1. The molecule has 2 aromatic rings. The average molecular weight is 477 g/mol. The third kappa shape index (κ3) is 2.71. The van der Waals surface area contributed by atoms with Gasteiger partial charge in [-0.2, -0.15) is 0 Å². The number of nitrogens with one attached hydrogen (secondary N) is 2. The zero-order valence-electron chi connectivity index (χ0n) is 21.4. The molecule has 4 heterocycles. The molecule has 2 saturated heterocycles. The molecular formula is C28H36N4O3. The minimum absolute atomic E-state index is 0.0582. The van der Waals surface area contributed by atoms with Gasteiger partial charge in [-0.1, -0.05) is 6.07 Å². The van der Waals surface area contributed by atoms with E-state index in [-0.39, 0.29) is 17.4 Å². The summed E-state index contributed by atoms with van der Waals surface area (Å²) in [6.07, 6.45) is 3.01. The van der Waals surface area contributed by atoms with Crippen molar-refractivity contribution < 1.29 is 14.3 Å². The normalized spacial score (nSPS) is 34.8. The lowest BCUT2D eigenvalue weighted by atomic mass is 9.51. The van der Waals surface area contributed by atoms with E-state index in [2.05, 4.69) is 55.2 Å². The van der Waals surface area contributed by atoms with Crippen LogP contribution in [0.3, 0.4) is 0 Å². The fourth-order valence-electron chi connectivity index (χ4n) is 8.30. The van der Waals surface area contributed by atoms with Crippen molar-refractivity contribution in [3.8, 4) is 11.5 Å². The number of carbonyl (C=O) groups is 1. The van der Waals surface area contributed by atoms with Crippen molar-refractivity contribution in [2.75, 3.05) is 33.8 Å². The molecule has 2 bridgehead atoms. The van der Waals surface area contributed by atoms with Gasteiger partial charge in [0.05, 0.1) is 12.8 Å². The zero-order chi connectivity index (χ0) is 24.2. The summed E-state index contributed by atoms with van der Waals surface area (Å²) in [4.78, 5) is 22.0. The van der Waals surface area contributed by atoms with Crippen LogP contribution in [0.5, 0.6) is 11.5 Å². The summed E-state index contributed by atoms with van der Waals surface area (Å²) >= 11 is 0. The topological polar surface area (TPSA) is 69.8 Å². The maximum Gasteiger partial charge on any atom is 0.270 e. The summed E-state index contributed by atoms with van der Waals surface area (Å²) in [6, 6.07) is 5.40. The number of piperazine rings is 1. The van der Waals surface area contributed by atoms with E-state index in [4.69, 9.17) is 9.47 Å². The van der Waals surface area contributed by atoms with Gasteiger partial charge >= 0.3 is 0 Å². The summed E-state index contributed by atoms with van der Waals surface area (Å²) in [7, 11) is 4.01. The van der Waals surface area contributed by atoms with Crippen molar-refractivity contribution in [3.05, 3.63) is 45.8 Å². The zero-order valence-corrected chi connectivity index (χ0v) is 21.4. The Labute approximate surface area is 207 Å². The van der Waals surface area contributed by atoms with Crippen molar-refractivity contribution in [2.24, 2.45) is 5.92 Å². The summed E-state index contributed by atoms with van der Waals surface area (Å²) < 4.78 is 12.7. The van der Waals surface area contributed by atoms with Gasteiger partial charge in [-0.05, 0) is 82.3 Å². The highest BCUT2D eigenvalue weighted by atomic mass is 16.5. The second-order valence-corrected chi connectivity index (χ2v) is 11.7. The first-order valence-corrected chi connectivity index (χ1v) is 13.2. The van der Waals surface area contributed by atoms with Crippen LogP contribution in [-0.4, -0.2) is 72.6 Å². The standard InChI is InChI=1S/C28H36N4O3/c1-14-12-32(13-15(2)29-14)27(33)23-16(3)18-11-19-20-10-17-6-7-21(34-5)25-22(17)28(19,8-9-31(20)4)26(35-25)24(18)30-23/h6-7,14-15,19-20,26,29-30H,8-13H2,1-5H3/t14?,15?,19?,20-,26+,28+/m1/s1. The Bertz CT molecular complexity index is 1230. The minimum atomic E-state index is -0.0982. The number of amides is 1. The summed E-state index contributed by atoms with van der Waals surface area (Å²) in [6.45, 7) is 8.96. The number of likely N-dealkylation sites (N-methyl/N-ethyl adjacent to an activating group) is 1. The van der Waals surface area contributed by atoms with Crippen molar-refractivity contribution in [1.82, 2.24) is 20.1 Å². The lowest BCUT2D eigenvalue weighted by Gasteiger charge is -2.57. The van der Waals surface area contributed by atoms with Gasteiger partial charge in [0.15, 0.2) is 11.5 Å². The van der Waals surface area contributed by atoms with E-state index in [1.807, 2.05) is 4.90 Å². The van der Waals surface area contributed by atoms with Gasteiger partial charge < -0.3 is 29.6 Å². The average Bonchev–Trinajstić information content (AvgIpc) is 3.34. The molecule has 7 heteroatoms. The van der Waals surface area contributed by atoms with Gasteiger partial charge in [0.2, 0.25) is 0 Å². The van der Waals surface area contributed by atoms with Crippen molar-refractivity contribution in [1.29, 1.82) is 0 Å². The maximum atomic E-state index is 13.8. The van der Waals surface area contributed by atoms with Gasteiger partial charge in [0.25, 0.3) is 5.91 Å². The Hall–Kier alpha value is -2.51. The number of hydrogen-bond acceptors (Lipinski definition) is 5. The molecule has 0 saturated carbocycles. The van der Waals surface area contributed by atoms with Crippen LogP contribution in [-0.2, 0) is 18.3 Å². The van der Waals surface area contributed by atoms with Gasteiger partial charge in [-0.25, -0.2) is 0 Å². The second-order valence-electron chi connectivity index (χ2n) is 11.7. The lowest BCUT2D eigenvalue weighted by molar-refractivity contribution is -0.0256. The van der Waals surface area contributed by atoms with E-state index < -0.39 is 0 Å². The second kappa shape index (κ2) is 7.26. The molecule has 186 valence electrons. The van der Waals surface area contributed by atoms with Gasteiger partial charge in [0.1, 0.15) is 11.8 Å². The third-order valence-corrected chi connectivity index (χ3v) is 9.75. The number of piperidine rings is 1. The molecule has 3 aliphatic heterocycles. The maximum absolute atomic E-state index is 13.8. The van der Waals surface area contributed by atoms with Crippen LogP contribution in [0.4, 0.5) is 0 Å². The van der Waals surface area contributed by atoms with Crippen LogP contribution in [0.15, 0.2) is 12.1 Å². The Morgan fingerprint density at radius 3 is 2.71 bits per heavy atom. The predicted molar refractivity (Wildman–Crippen MR) is 133 cm³/mol. The van der Waals surface area contributed by atoms with E-state index >= 15 is 0 Å². The van der Waals surface area contributed by atoms with Crippen molar-refractivity contribution >= 4 is 5.91 Å². The first-order chi connectivity index (χ1) is 16.8. The molecule has 1 aromatic carbocycles. The SMILES string of the molecule is COc1ccc2c3c1O[C@H]1c4[nH]c(C(=O)N5CC(C)NC(C)C5)c(C)c4CC4[C@@H](C2)N(C)CC[C@@]341. The molecule has 7 rings (SSSR count). The largest absolute Gasteiger partial charge is 0.493 e. The summed E-state index contributed by atoms with van der Waals surface area (Å²) in [5, 5.41) is 3.54. The molecule has 1 aromatic heterocycles. The fraction of sp³-hybridized carbons (Fsp3) is 0.607. The molecule has 2 aliphatic carbocycles. The first-order valence-electron chi connectivity index (χ1n) is 13.2. The molecule has 7 nitrogen and oxygen atoms in total. The number of fused-ring (bicyclic) bond motifs is 2. The van der Waals surface area contributed by atoms with Crippen LogP contribution in [0.2, 0.25) is 0 Å². The first kappa shape index (κ1) is 21.7. The Morgan fingerprint density at radius 2 is 1.97 bits per heavy atom. The smallest absolute Gasteiger partial charge is 0.270 e. The van der Waals surface area contributed by atoms with Crippen LogP contribution in [0.1, 0.15) is 64.8 Å².